The van der Waals surface area contributed by atoms with E-state index in [0.29, 0.717) is 11.1 Å². The third-order valence-electron chi connectivity index (χ3n) is 1.36. The number of oxime groups is 1. The van der Waals surface area contributed by atoms with Crippen molar-refractivity contribution < 1.29 is 5.21 Å². The van der Waals surface area contributed by atoms with E-state index in [4.69, 9.17) is 23.2 Å². The van der Waals surface area contributed by atoms with E-state index in [9.17, 15) is 0 Å². The van der Waals surface area contributed by atoms with Crippen molar-refractivity contribution in [1.29, 1.82) is 0 Å². The van der Waals surface area contributed by atoms with Gasteiger partial charge in [0.15, 0.2) is 5.17 Å². The molecule has 0 fully saturated rings. The van der Waals surface area contributed by atoms with Crippen LogP contribution in [-0.2, 0) is 0 Å². The van der Waals surface area contributed by atoms with Crippen molar-refractivity contribution in [3.63, 3.8) is 0 Å². The van der Waals surface area contributed by atoms with Crippen LogP contribution >= 0.6 is 11.6 Å². The molecule has 2 nitrogen and oxygen atoms in total. The molecule has 0 bridgehead atoms. The molecule has 0 saturated heterocycles. The monoisotopic (exact) mass is 179 g/mol. The minimum absolute atomic E-state index is 0.0344. The maximum atomic E-state index is 8.36. The molecule has 0 amide bonds. The summed E-state index contributed by atoms with van der Waals surface area (Å²) in [5, 5.41) is 11.2. The van der Waals surface area contributed by atoms with Crippen LogP contribution in [0.15, 0.2) is 29.4 Å². The number of terminal acetylenes is 1. The van der Waals surface area contributed by atoms with Crippen LogP contribution in [-0.4, -0.2) is 10.4 Å². The van der Waals surface area contributed by atoms with Gasteiger partial charge in [0.25, 0.3) is 0 Å². The van der Waals surface area contributed by atoms with E-state index in [0.717, 1.165) is 0 Å². The fourth-order valence-corrected chi connectivity index (χ4v) is 0.913. The van der Waals surface area contributed by atoms with E-state index >= 15 is 0 Å². The Kier molecular flexibility index (Phi) is 2.73. The van der Waals surface area contributed by atoms with Crippen LogP contribution in [0.25, 0.3) is 0 Å². The molecular formula is C9H6ClNO. The zero-order valence-electron chi connectivity index (χ0n) is 6.16. The minimum atomic E-state index is 0.0344. The summed E-state index contributed by atoms with van der Waals surface area (Å²) >= 11 is 5.55. The normalized spacial score (nSPS) is 10.8. The van der Waals surface area contributed by atoms with Crippen molar-refractivity contribution in [3.8, 4) is 12.3 Å². The van der Waals surface area contributed by atoms with Crippen LogP contribution in [0.5, 0.6) is 0 Å². The van der Waals surface area contributed by atoms with E-state index in [1.807, 2.05) is 0 Å². The first-order valence-corrected chi connectivity index (χ1v) is 3.60. The maximum absolute atomic E-state index is 8.36. The molecule has 0 aliphatic rings. The highest BCUT2D eigenvalue weighted by Gasteiger charge is 1.99. The van der Waals surface area contributed by atoms with Crippen molar-refractivity contribution in [2.75, 3.05) is 0 Å². The Morgan fingerprint density at radius 3 is 2.92 bits per heavy atom. The smallest absolute Gasteiger partial charge is 0.175 e. The van der Waals surface area contributed by atoms with Crippen LogP contribution in [0.1, 0.15) is 11.1 Å². The zero-order chi connectivity index (χ0) is 8.97. The Hall–Kier alpha value is -1.46. The quantitative estimate of drug-likeness (QED) is 0.304. The first-order chi connectivity index (χ1) is 5.77. The number of rotatable bonds is 1. The molecule has 0 atom stereocenters. The van der Waals surface area contributed by atoms with Gasteiger partial charge in [0.05, 0.1) is 0 Å². The Morgan fingerprint density at radius 2 is 2.33 bits per heavy atom. The molecule has 60 valence electrons. The predicted octanol–water partition coefficient (Wildman–Crippen LogP) is 2.04. The molecule has 0 aliphatic carbocycles. The highest BCUT2D eigenvalue weighted by atomic mass is 35.5. The molecule has 0 heterocycles. The lowest BCUT2D eigenvalue weighted by Gasteiger charge is -1.95. The highest BCUT2D eigenvalue weighted by Crippen LogP contribution is 2.07. The average Bonchev–Trinajstić information content (AvgIpc) is 2.17. The summed E-state index contributed by atoms with van der Waals surface area (Å²) in [7, 11) is 0. The third-order valence-corrected chi connectivity index (χ3v) is 1.65. The lowest BCUT2D eigenvalue weighted by Crippen LogP contribution is -1.90. The summed E-state index contributed by atoms with van der Waals surface area (Å²) in [5.74, 6) is 2.45. The SMILES string of the molecule is C#Cc1cccc(/C(Cl)=N/O)c1. The number of halogens is 1. The number of nitrogens with zero attached hydrogens (tertiary/aromatic N) is 1. The predicted molar refractivity (Wildman–Crippen MR) is 48.6 cm³/mol. The van der Waals surface area contributed by atoms with Gasteiger partial charge in [-0.15, -0.1) is 6.42 Å². The molecule has 0 spiro atoms. The standard InChI is InChI=1S/C9H6ClNO/c1-2-7-4-3-5-8(6-7)9(10)11-12/h1,3-6,12H/b11-9-. The average molecular weight is 180 g/mol. The Balaban J connectivity index is 3.12. The molecule has 0 radical (unpaired) electrons. The summed E-state index contributed by atoms with van der Waals surface area (Å²) < 4.78 is 0. The minimum Gasteiger partial charge on any atom is -0.410 e. The van der Waals surface area contributed by atoms with Crippen molar-refractivity contribution in [2.24, 2.45) is 5.16 Å². The van der Waals surface area contributed by atoms with Gasteiger partial charge in [-0.1, -0.05) is 34.8 Å². The Bertz CT molecular complexity index is 352. The van der Waals surface area contributed by atoms with E-state index in [2.05, 4.69) is 11.1 Å². The summed E-state index contributed by atoms with van der Waals surface area (Å²) in [6, 6.07) is 6.90. The Morgan fingerprint density at radius 1 is 1.58 bits per heavy atom. The third kappa shape index (κ3) is 1.77. The van der Waals surface area contributed by atoms with Crippen LogP contribution < -0.4 is 0 Å². The van der Waals surface area contributed by atoms with Crippen molar-refractivity contribution >= 4 is 16.8 Å². The van der Waals surface area contributed by atoms with Crippen molar-refractivity contribution in [2.45, 2.75) is 0 Å². The highest BCUT2D eigenvalue weighted by molar-refractivity contribution is 6.69. The first-order valence-electron chi connectivity index (χ1n) is 3.22. The van der Waals surface area contributed by atoms with Gasteiger partial charge in [-0.25, -0.2) is 0 Å². The molecular weight excluding hydrogens is 174 g/mol. The van der Waals surface area contributed by atoms with Gasteiger partial charge in [-0.05, 0) is 12.1 Å². The largest absolute Gasteiger partial charge is 0.410 e. The van der Waals surface area contributed by atoms with E-state index in [1.165, 1.54) is 0 Å². The second-order valence-corrected chi connectivity index (χ2v) is 2.47. The lowest BCUT2D eigenvalue weighted by atomic mass is 10.1. The fourth-order valence-electron chi connectivity index (χ4n) is 0.795. The van der Waals surface area contributed by atoms with Crippen molar-refractivity contribution in [1.82, 2.24) is 0 Å². The van der Waals surface area contributed by atoms with Gasteiger partial charge in [-0.3, -0.25) is 0 Å². The lowest BCUT2D eigenvalue weighted by molar-refractivity contribution is 0.321. The molecule has 3 heteroatoms. The number of hydrogen-bond donors (Lipinski definition) is 1. The second-order valence-electron chi connectivity index (χ2n) is 2.12. The Labute approximate surface area is 75.5 Å². The zero-order valence-corrected chi connectivity index (χ0v) is 6.92. The van der Waals surface area contributed by atoms with Gasteiger partial charge < -0.3 is 5.21 Å². The maximum Gasteiger partial charge on any atom is 0.175 e. The first kappa shape index (κ1) is 8.63. The van der Waals surface area contributed by atoms with Gasteiger partial charge in [0.1, 0.15) is 0 Å². The van der Waals surface area contributed by atoms with Crippen LogP contribution in [0.4, 0.5) is 0 Å². The summed E-state index contributed by atoms with van der Waals surface area (Å²) in [4.78, 5) is 0. The van der Waals surface area contributed by atoms with Gasteiger partial charge in [0, 0.05) is 11.1 Å². The summed E-state index contributed by atoms with van der Waals surface area (Å²) in [5.41, 5.74) is 1.31. The molecule has 0 aromatic heterocycles. The topological polar surface area (TPSA) is 32.6 Å². The number of hydrogen-bond acceptors (Lipinski definition) is 2. The van der Waals surface area contributed by atoms with Crippen LogP contribution in [0.2, 0.25) is 0 Å². The molecule has 0 unspecified atom stereocenters. The second kappa shape index (κ2) is 3.80. The molecule has 1 aromatic rings. The van der Waals surface area contributed by atoms with Crippen LogP contribution in [0.3, 0.4) is 0 Å². The molecule has 1 rings (SSSR count). The van der Waals surface area contributed by atoms with Gasteiger partial charge in [0.2, 0.25) is 0 Å². The summed E-state index contributed by atoms with van der Waals surface area (Å²) in [6.07, 6.45) is 5.16. The molecule has 0 aliphatic heterocycles. The molecule has 1 N–H and O–H groups in total. The molecule has 1 aromatic carbocycles. The van der Waals surface area contributed by atoms with Crippen LogP contribution in [0, 0.1) is 12.3 Å². The summed E-state index contributed by atoms with van der Waals surface area (Å²) in [6.45, 7) is 0. The van der Waals surface area contributed by atoms with Crippen molar-refractivity contribution in [3.05, 3.63) is 35.4 Å². The molecule has 12 heavy (non-hydrogen) atoms. The van der Waals surface area contributed by atoms with Gasteiger partial charge in [-0.2, -0.15) is 0 Å². The van der Waals surface area contributed by atoms with E-state index < -0.39 is 0 Å². The van der Waals surface area contributed by atoms with E-state index in [1.54, 1.807) is 24.3 Å². The fraction of sp³-hybridized carbons (Fsp3) is 0. The number of benzene rings is 1. The van der Waals surface area contributed by atoms with E-state index in [-0.39, 0.29) is 5.17 Å². The molecule has 0 saturated carbocycles. The van der Waals surface area contributed by atoms with Gasteiger partial charge >= 0.3 is 0 Å².